The molecule has 0 radical (unpaired) electrons. The summed E-state index contributed by atoms with van der Waals surface area (Å²) in [7, 11) is 0. The van der Waals surface area contributed by atoms with E-state index in [2.05, 4.69) is 49.1 Å². The van der Waals surface area contributed by atoms with Crippen molar-refractivity contribution in [2.24, 2.45) is 17.3 Å². The Labute approximate surface area is 113 Å². The highest BCUT2D eigenvalue weighted by molar-refractivity contribution is 14.1. The van der Waals surface area contributed by atoms with Crippen LogP contribution < -0.4 is 0 Å². The zero-order valence-electron chi connectivity index (χ0n) is 8.49. The van der Waals surface area contributed by atoms with E-state index in [4.69, 9.17) is 0 Å². The van der Waals surface area contributed by atoms with Gasteiger partial charge in [0.1, 0.15) is 0 Å². The maximum absolute atomic E-state index is 2.61. The highest BCUT2D eigenvalue weighted by atomic mass is 127. The molecule has 5 aliphatic rings. The number of nitrogens with zero attached hydrogens (tertiary/aromatic N) is 1. The van der Waals surface area contributed by atoms with E-state index in [-0.39, 0.29) is 0 Å². The van der Waals surface area contributed by atoms with Gasteiger partial charge in [0.2, 0.25) is 0 Å². The minimum Gasteiger partial charge on any atom is -0.187 e. The average molecular weight is 351 g/mol. The molecule has 0 aromatic rings. The van der Waals surface area contributed by atoms with Crippen molar-refractivity contribution in [2.45, 2.75) is 41.7 Å². The van der Waals surface area contributed by atoms with Gasteiger partial charge in [0, 0.05) is 50.1 Å². The monoisotopic (exact) mass is 351 g/mol. The van der Waals surface area contributed by atoms with Crippen LogP contribution in [-0.2, 0) is 0 Å². The van der Waals surface area contributed by atoms with E-state index < -0.39 is 0 Å². The maximum atomic E-state index is 2.61. The Morgan fingerprint density at radius 2 is 2.20 bits per heavy atom. The summed E-state index contributed by atoms with van der Waals surface area (Å²) in [5, 5.41) is 1.05. The molecule has 5 fully saturated rings. The first-order chi connectivity index (χ1) is 7.25. The molecule has 5 rings (SSSR count). The van der Waals surface area contributed by atoms with E-state index in [0.29, 0.717) is 0 Å². The van der Waals surface area contributed by atoms with Crippen LogP contribution in [0.2, 0.25) is 0 Å². The average Bonchev–Trinajstić information content (AvgIpc) is 2.69. The lowest BCUT2D eigenvalue weighted by Crippen LogP contribution is -2.60. The fourth-order valence-corrected chi connectivity index (χ4v) is 10.9. The summed E-state index contributed by atoms with van der Waals surface area (Å²) in [6.07, 6.45) is 6.25. The predicted octanol–water partition coefficient (Wildman–Crippen LogP) is 3.34. The molecular weight excluding hydrogens is 337 g/mol. The molecule has 3 saturated heterocycles. The summed E-state index contributed by atoms with van der Waals surface area (Å²) in [4.78, 5) is 0. The molecule has 1 nitrogen and oxygen atoms in total. The SMILES string of the molecule is IN1SCC23CC4CC5CC(CC42S5)C13. The highest BCUT2D eigenvalue weighted by Gasteiger charge is 2.81. The standard InChI is InChI=1S/C11H14INS2/c12-13-9-6-1-8-2-7-4-10(9,5-14-13)11(7,3-6)15-8/h6-9H,1-5H2. The zero-order chi connectivity index (χ0) is 9.84. The van der Waals surface area contributed by atoms with E-state index >= 15 is 0 Å². The minimum absolute atomic E-state index is 0.754. The van der Waals surface area contributed by atoms with Crippen molar-refractivity contribution in [3.05, 3.63) is 0 Å². The van der Waals surface area contributed by atoms with Crippen LogP contribution in [0.15, 0.2) is 0 Å². The van der Waals surface area contributed by atoms with E-state index in [9.17, 15) is 0 Å². The smallest absolute Gasteiger partial charge is 0.0413 e. The van der Waals surface area contributed by atoms with E-state index in [1.165, 1.54) is 12.2 Å². The van der Waals surface area contributed by atoms with Crippen LogP contribution in [-0.4, -0.2) is 24.3 Å². The Morgan fingerprint density at radius 3 is 3.13 bits per heavy atom. The number of rotatable bonds is 0. The third-order valence-corrected chi connectivity index (χ3v) is 10.4. The summed E-state index contributed by atoms with van der Waals surface area (Å²) in [5.41, 5.74) is 0.754. The molecule has 0 aromatic heterocycles. The normalized spacial score (nSPS) is 69.4. The van der Waals surface area contributed by atoms with Gasteiger partial charge >= 0.3 is 0 Å². The molecule has 0 aromatic carbocycles. The van der Waals surface area contributed by atoms with Crippen molar-refractivity contribution in [3.63, 3.8) is 0 Å². The second kappa shape index (κ2) is 2.54. The van der Waals surface area contributed by atoms with Gasteiger partial charge in [-0.3, -0.25) is 0 Å². The highest BCUT2D eigenvalue weighted by Crippen LogP contribution is 2.83. The second-order valence-electron chi connectivity index (χ2n) is 6.11. The Kier molecular flexibility index (Phi) is 1.58. The van der Waals surface area contributed by atoms with Crippen molar-refractivity contribution in [3.8, 4) is 0 Å². The molecule has 2 aliphatic carbocycles. The van der Waals surface area contributed by atoms with Gasteiger partial charge in [-0.2, -0.15) is 14.3 Å². The minimum atomic E-state index is 0.754. The van der Waals surface area contributed by atoms with Crippen LogP contribution in [0.1, 0.15) is 25.7 Å². The lowest BCUT2D eigenvalue weighted by Gasteiger charge is -2.57. The topological polar surface area (TPSA) is 3.24 Å². The number of hydrogen-bond donors (Lipinski definition) is 0. The van der Waals surface area contributed by atoms with Gasteiger partial charge in [-0.15, -0.1) is 0 Å². The van der Waals surface area contributed by atoms with Crippen LogP contribution in [0, 0.1) is 17.3 Å². The summed E-state index contributed by atoms with van der Waals surface area (Å²) in [6, 6.07) is 0.942. The van der Waals surface area contributed by atoms with Gasteiger partial charge in [-0.05, 0) is 37.5 Å². The Hall–Kier alpha value is 1.39. The van der Waals surface area contributed by atoms with Crippen molar-refractivity contribution in [1.82, 2.24) is 2.52 Å². The molecule has 2 saturated carbocycles. The third-order valence-electron chi connectivity index (χ3n) is 5.85. The molecule has 4 heteroatoms. The molecular formula is C11H14INS2. The number of fused-ring (bicyclic) bond motifs is 3. The molecule has 0 amide bonds. The molecule has 3 aliphatic heterocycles. The van der Waals surface area contributed by atoms with Crippen LogP contribution in [0.25, 0.3) is 0 Å². The lowest BCUT2D eigenvalue weighted by molar-refractivity contribution is 0.0242. The van der Waals surface area contributed by atoms with Gasteiger partial charge < -0.3 is 0 Å². The first-order valence-electron chi connectivity index (χ1n) is 6.01. The molecule has 82 valence electrons. The van der Waals surface area contributed by atoms with Crippen molar-refractivity contribution < 1.29 is 0 Å². The molecule has 0 N–H and O–H groups in total. The fraction of sp³-hybridized carbons (Fsp3) is 1.00. The number of halogens is 1. The van der Waals surface area contributed by atoms with E-state index in [0.717, 1.165) is 33.3 Å². The quantitative estimate of drug-likeness (QED) is 0.374. The molecule has 6 unspecified atom stereocenters. The lowest BCUT2D eigenvalue weighted by atomic mass is 9.53. The summed E-state index contributed by atoms with van der Waals surface area (Å²) < 4.78 is 3.38. The largest absolute Gasteiger partial charge is 0.187 e. The van der Waals surface area contributed by atoms with Crippen molar-refractivity contribution in [1.29, 1.82) is 0 Å². The fourth-order valence-electron chi connectivity index (χ4n) is 5.52. The number of hydrogen-bond acceptors (Lipinski definition) is 3. The molecule has 2 spiro atoms. The first-order valence-corrected chi connectivity index (χ1v) is 8.80. The zero-order valence-corrected chi connectivity index (χ0v) is 12.3. The van der Waals surface area contributed by atoms with Crippen LogP contribution >= 0.6 is 46.6 Å². The van der Waals surface area contributed by atoms with Crippen molar-refractivity contribution >= 4 is 46.6 Å². The van der Waals surface area contributed by atoms with Gasteiger partial charge in [0.05, 0.1) is 0 Å². The van der Waals surface area contributed by atoms with Crippen LogP contribution in [0.4, 0.5) is 0 Å². The van der Waals surface area contributed by atoms with E-state index in [1.54, 1.807) is 19.3 Å². The molecule has 6 atom stereocenters. The predicted molar refractivity (Wildman–Crippen MR) is 74.1 cm³/mol. The third kappa shape index (κ3) is 0.782. The molecule has 3 heterocycles. The van der Waals surface area contributed by atoms with Crippen molar-refractivity contribution in [2.75, 3.05) is 5.75 Å². The van der Waals surface area contributed by atoms with E-state index in [1.807, 2.05) is 0 Å². The van der Waals surface area contributed by atoms with Gasteiger partial charge in [-0.1, -0.05) is 11.9 Å². The van der Waals surface area contributed by atoms with Gasteiger partial charge in [0.25, 0.3) is 0 Å². The van der Waals surface area contributed by atoms with Gasteiger partial charge in [0.15, 0.2) is 0 Å². The van der Waals surface area contributed by atoms with Crippen LogP contribution in [0.3, 0.4) is 0 Å². The summed E-state index contributed by atoms with van der Waals surface area (Å²) >= 11 is 7.13. The van der Waals surface area contributed by atoms with Crippen LogP contribution in [0.5, 0.6) is 0 Å². The molecule has 3 bridgehead atoms. The first kappa shape index (κ1) is 9.34. The summed E-state index contributed by atoms with van der Waals surface area (Å²) in [6.45, 7) is 0. The number of thioether (sulfide) groups is 1. The Balaban J connectivity index is 1.74. The summed E-state index contributed by atoms with van der Waals surface area (Å²) in [5.74, 6) is 3.61. The molecule has 15 heavy (non-hydrogen) atoms. The van der Waals surface area contributed by atoms with Gasteiger partial charge in [-0.25, -0.2) is 0 Å². The Bertz CT molecular complexity index is 364. The Morgan fingerprint density at radius 1 is 1.27 bits per heavy atom. The second-order valence-corrected chi connectivity index (χ2v) is 10.4. The maximum Gasteiger partial charge on any atom is 0.0413 e.